The second-order valence-electron chi connectivity index (χ2n) is 6.31. The van der Waals surface area contributed by atoms with Gasteiger partial charge in [-0.1, -0.05) is 6.07 Å². The third-order valence-corrected chi connectivity index (χ3v) is 5.99. The third kappa shape index (κ3) is 2.82. The minimum Gasteiger partial charge on any atom is -0.477 e. The second-order valence-corrected chi connectivity index (χ2v) is 7.42. The smallest absolute Gasteiger partial charge is 0.353 e. The minimum atomic E-state index is -1.07. The zero-order chi connectivity index (χ0) is 17.4. The molecule has 0 saturated carbocycles. The number of aliphatic hydroxyl groups excluding tert-OH is 1. The van der Waals surface area contributed by atoms with Crippen LogP contribution in [-0.2, 0) is 9.59 Å². The highest BCUT2D eigenvalue weighted by molar-refractivity contribution is 8.03. The Bertz CT molecular complexity index is 689. The summed E-state index contributed by atoms with van der Waals surface area (Å²) in [5, 5.41) is 19.2. The van der Waals surface area contributed by atoms with Gasteiger partial charge in [-0.3, -0.25) is 4.79 Å². The Morgan fingerprint density at radius 2 is 2.04 bits per heavy atom. The second kappa shape index (κ2) is 6.57. The zero-order valence-electron chi connectivity index (χ0n) is 13.6. The van der Waals surface area contributed by atoms with Crippen molar-refractivity contribution in [3.63, 3.8) is 0 Å². The Labute approximate surface area is 144 Å². The van der Waals surface area contributed by atoms with Gasteiger partial charge in [0.05, 0.1) is 23.8 Å². The van der Waals surface area contributed by atoms with Gasteiger partial charge in [-0.05, 0) is 13.8 Å². The molecule has 7 heteroatoms. The molecule has 1 saturated heterocycles. The van der Waals surface area contributed by atoms with Crippen molar-refractivity contribution in [2.45, 2.75) is 38.5 Å². The minimum absolute atomic E-state index is 0.0946. The predicted molar refractivity (Wildman–Crippen MR) is 88.9 cm³/mol. The van der Waals surface area contributed by atoms with Crippen LogP contribution < -0.4 is 4.57 Å². The highest BCUT2D eigenvalue weighted by Crippen LogP contribution is 2.47. The fourth-order valence-corrected chi connectivity index (χ4v) is 4.60. The summed E-state index contributed by atoms with van der Waals surface area (Å²) in [4.78, 5) is 25.8. The maximum Gasteiger partial charge on any atom is 0.353 e. The number of hydrogen-bond donors (Lipinski definition) is 2. The van der Waals surface area contributed by atoms with Crippen LogP contribution in [0.1, 0.15) is 26.3 Å². The summed E-state index contributed by atoms with van der Waals surface area (Å²) in [7, 11) is 0. The number of nitrogens with zero attached hydrogens (tertiary/aromatic N) is 2. The molecule has 6 nitrogen and oxygen atoms in total. The van der Waals surface area contributed by atoms with Crippen molar-refractivity contribution < 1.29 is 24.4 Å². The highest BCUT2D eigenvalue weighted by atomic mass is 32.2. The summed E-state index contributed by atoms with van der Waals surface area (Å²) in [6.45, 7) is 3.65. The van der Waals surface area contributed by atoms with E-state index in [9.17, 15) is 19.8 Å². The lowest BCUT2D eigenvalue weighted by molar-refractivity contribution is -0.715. The Kier molecular flexibility index (Phi) is 4.64. The van der Waals surface area contributed by atoms with Gasteiger partial charge in [0.15, 0.2) is 18.4 Å². The third-order valence-electron chi connectivity index (χ3n) is 4.64. The Balaban J connectivity index is 1.73. The number of β-lactam (4-membered cyclic amide) rings is 1. The van der Waals surface area contributed by atoms with Gasteiger partial charge in [-0.15, -0.1) is 11.8 Å². The van der Waals surface area contributed by atoms with Crippen molar-refractivity contribution in [1.29, 1.82) is 0 Å². The summed E-state index contributed by atoms with van der Waals surface area (Å²) in [5.41, 5.74) is 0.0946. The topological polar surface area (TPSA) is 81.7 Å². The van der Waals surface area contributed by atoms with E-state index in [1.54, 1.807) is 6.92 Å². The van der Waals surface area contributed by atoms with Crippen molar-refractivity contribution in [2.24, 2.45) is 5.92 Å². The van der Waals surface area contributed by atoms with Crippen molar-refractivity contribution in [1.82, 2.24) is 4.90 Å². The maximum absolute atomic E-state index is 12.2. The van der Waals surface area contributed by atoms with Crippen LogP contribution in [0, 0.1) is 5.92 Å². The molecule has 2 aliphatic heterocycles. The number of fused-ring (bicyclic) bond motifs is 1. The number of rotatable bonds is 6. The van der Waals surface area contributed by atoms with Crippen LogP contribution in [0.25, 0.3) is 0 Å². The van der Waals surface area contributed by atoms with Crippen LogP contribution in [0.15, 0.2) is 41.2 Å². The molecular formula is C17H21N2O4S+. The Morgan fingerprint density at radius 1 is 1.38 bits per heavy atom. The number of carbonyl (C=O) groups is 2. The number of pyridine rings is 1. The van der Waals surface area contributed by atoms with Crippen molar-refractivity contribution >= 4 is 23.6 Å². The van der Waals surface area contributed by atoms with E-state index in [0.717, 1.165) is 10.7 Å². The van der Waals surface area contributed by atoms with Crippen molar-refractivity contribution in [3.05, 3.63) is 41.2 Å². The number of carbonyl (C=O) groups excluding carboxylic acids is 1. The van der Waals surface area contributed by atoms with E-state index in [2.05, 4.69) is 11.5 Å². The van der Waals surface area contributed by atoms with Gasteiger partial charge in [0.2, 0.25) is 5.91 Å². The molecule has 0 aromatic carbocycles. The maximum atomic E-state index is 12.2. The van der Waals surface area contributed by atoms with Gasteiger partial charge in [-0.25, -0.2) is 9.36 Å². The van der Waals surface area contributed by atoms with Crippen LogP contribution in [-0.4, -0.2) is 44.9 Å². The molecule has 1 fully saturated rings. The molecule has 3 unspecified atom stereocenters. The molecule has 2 aliphatic rings. The number of carboxylic acid groups (broad SMARTS) is 1. The number of thioether (sulfide) groups is 1. The van der Waals surface area contributed by atoms with Gasteiger partial charge < -0.3 is 15.1 Å². The largest absolute Gasteiger partial charge is 0.477 e. The predicted octanol–water partition coefficient (Wildman–Crippen LogP) is 1.18. The number of carboxylic acids is 1. The summed E-state index contributed by atoms with van der Waals surface area (Å²) in [6.07, 6.45) is 3.72. The van der Waals surface area contributed by atoms with Crippen LogP contribution in [0.2, 0.25) is 0 Å². The first-order valence-corrected chi connectivity index (χ1v) is 8.96. The molecule has 1 aromatic rings. The molecular weight excluding hydrogens is 328 g/mol. The summed E-state index contributed by atoms with van der Waals surface area (Å²) in [5.74, 6) is -1.13. The molecule has 2 N–H and O–H groups in total. The lowest BCUT2D eigenvalue weighted by atomic mass is 9.83. The lowest BCUT2D eigenvalue weighted by Crippen LogP contribution is -2.61. The number of aliphatic hydroxyl groups is 1. The average molecular weight is 349 g/mol. The molecule has 1 aromatic heterocycles. The molecule has 0 aliphatic carbocycles. The highest BCUT2D eigenvalue weighted by Gasteiger charge is 2.56. The first kappa shape index (κ1) is 17.0. The van der Waals surface area contributed by atoms with Crippen molar-refractivity contribution in [2.75, 3.05) is 5.75 Å². The number of aromatic nitrogens is 1. The van der Waals surface area contributed by atoms with E-state index in [0.29, 0.717) is 6.42 Å². The normalized spacial score (nSPS) is 25.3. The van der Waals surface area contributed by atoms with E-state index in [1.165, 1.54) is 16.7 Å². The van der Waals surface area contributed by atoms with E-state index in [4.69, 9.17) is 0 Å². The SMILES string of the molecule is CC(CSC1=C(C(=O)O)N2C(=O)C([C@@H](C)O)C2C1)[n+]1ccccc1. The first-order chi connectivity index (χ1) is 11.4. The molecule has 0 radical (unpaired) electrons. The Hall–Kier alpha value is -1.86. The number of hydrogen-bond acceptors (Lipinski definition) is 4. The van der Waals surface area contributed by atoms with Crippen LogP contribution in [0.3, 0.4) is 0 Å². The van der Waals surface area contributed by atoms with Crippen molar-refractivity contribution in [3.8, 4) is 0 Å². The fourth-order valence-electron chi connectivity index (χ4n) is 3.37. The Morgan fingerprint density at radius 3 is 2.62 bits per heavy atom. The summed E-state index contributed by atoms with van der Waals surface area (Å²) in [6, 6.07) is 5.85. The van der Waals surface area contributed by atoms with Gasteiger partial charge in [0, 0.05) is 23.5 Å². The van der Waals surface area contributed by atoms with E-state index < -0.39 is 18.0 Å². The first-order valence-electron chi connectivity index (χ1n) is 7.98. The van der Waals surface area contributed by atoms with E-state index in [1.807, 2.05) is 30.6 Å². The molecule has 1 amide bonds. The standard InChI is InChI=1S/C17H20N2O4S/c1-10(18-6-4-3-5-7-18)9-24-13-8-12-14(11(2)20)16(21)19(12)15(13)17(22)23/h3-7,10-12,14,20H,8-9H2,1-2H3/p+1/t10?,11-,12?,14?/m1/s1. The van der Waals surface area contributed by atoms with Gasteiger partial charge >= 0.3 is 5.97 Å². The molecule has 128 valence electrons. The molecule has 3 heterocycles. The molecule has 4 atom stereocenters. The van der Waals surface area contributed by atoms with Crippen LogP contribution in [0.5, 0.6) is 0 Å². The summed E-state index contributed by atoms with van der Waals surface area (Å²) >= 11 is 1.49. The van der Waals surface area contributed by atoms with Gasteiger partial charge in [0.1, 0.15) is 5.70 Å². The van der Waals surface area contributed by atoms with E-state index >= 15 is 0 Å². The monoisotopic (exact) mass is 349 g/mol. The average Bonchev–Trinajstić information content (AvgIpc) is 2.87. The molecule has 24 heavy (non-hydrogen) atoms. The van der Waals surface area contributed by atoms with Crippen LogP contribution in [0.4, 0.5) is 0 Å². The number of amides is 1. The van der Waals surface area contributed by atoms with Gasteiger partial charge in [-0.2, -0.15) is 0 Å². The lowest BCUT2D eigenvalue weighted by Gasteiger charge is -2.44. The molecule has 0 spiro atoms. The zero-order valence-corrected chi connectivity index (χ0v) is 14.4. The van der Waals surface area contributed by atoms with Crippen LogP contribution >= 0.6 is 11.8 Å². The van der Waals surface area contributed by atoms with E-state index in [-0.39, 0.29) is 23.7 Å². The molecule has 3 rings (SSSR count). The fraction of sp³-hybridized carbons (Fsp3) is 0.471. The quantitative estimate of drug-likeness (QED) is 0.595. The van der Waals surface area contributed by atoms with Gasteiger partial charge in [0.25, 0.3) is 0 Å². The summed E-state index contributed by atoms with van der Waals surface area (Å²) < 4.78 is 2.07. The number of aliphatic carboxylic acids is 1. The molecule has 0 bridgehead atoms.